The van der Waals surface area contributed by atoms with Crippen LogP contribution in [0.3, 0.4) is 0 Å². The summed E-state index contributed by atoms with van der Waals surface area (Å²) in [5, 5.41) is 30.7. The van der Waals surface area contributed by atoms with Crippen LogP contribution >= 0.6 is 0 Å². The molecule has 4 saturated carbocycles. The van der Waals surface area contributed by atoms with Crippen molar-refractivity contribution < 1.29 is 14.9 Å². The third-order valence-corrected chi connectivity index (χ3v) is 7.74. The van der Waals surface area contributed by atoms with Gasteiger partial charge in [-0.1, -0.05) is 0 Å². The minimum absolute atomic E-state index is 0.295. The molecule has 2 aromatic heterocycles. The lowest BCUT2D eigenvalue weighted by Crippen LogP contribution is -2.44. The van der Waals surface area contributed by atoms with Gasteiger partial charge in [0.1, 0.15) is 11.2 Å². The molecule has 4 bridgehead atoms. The lowest BCUT2D eigenvalue weighted by molar-refractivity contribution is -0.0711. The molecule has 3 heterocycles. The van der Waals surface area contributed by atoms with Crippen molar-refractivity contribution in [3.63, 3.8) is 0 Å². The summed E-state index contributed by atoms with van der Waals surface area (Å²) < 4.78 is 5.98. The van der Waals surface area contributed by atoms with E-state index in [0.29, 0.717) is 29.7 Å². The van der Waals surface area contributed by atoms with Gasteiger partial charge in [0.05, 0.1) is 16.9 Å². The second kappa shape index (κ2) is 6.59. The van der Waals surface area contributed by atoms with Gasteiger partial charge in [-0.15, -0.1) is 5.10 Å². The fourth-order valence-corrected chi connectivity index (χ4v) is 6.57. The van der Waals surface area contributed by atoms with Crippen LogP contribution in [0, 0.1) is 17.8 Å². The number of aromatic amines is 1. The molecule has 0 amide bonds. The molecule has 6 atom stereocenters. The van der Waals surface area contributed by atoms with Gasteiger partial charge >= 0.3 is 0 Å². The van der Waals surface area contributed by atoms with E-state index in [0.717, 1.165) is 48.0 Å². The average molecular weight is 426 g/mol. The number of nitrogens with zero attached hydrogens (tertiary/aromatic N) is 2. The predicted molar refractivity (Wildman–Crippen MR) is 117 cm³/mol. The largest absolute Gasteiger partial charge is 0.448 e. The molecule has 1 aliphatic heterocycles. The van der Waals surface area contributed by atoms with Gasteiger partial charge in [0.25, 0.3) is 0 Å². The van der Waals surface area contributed by atoms with Crippen molar-refractivity contribution in [1.82, 2.24) is 15.4 Å². The number of pyridine rings is 1. The summed E-state index contributed by atoms with van der Waals surface area (Å²) in [6.07, 6.45) is 9.37. The number of nitrogens with one attached hydrogen (secondary N) is 3. The minimum Gasteiger partial charge on any atom is -0.448 e. The maximum atomic E-state index is 11.1. The van der Waals surface area contributed by atoms with Gasteiger partial charge in [-0.3, -0.25) is 5.43 Å². The van der Waals surface area contributed by atoms with Crippen molar-refractivity contribution >= 4 is 22.6 Å². The third-order valence-electron chi connectivity index (χ3n) is 7.74. The molecule has 8 heteroatoms. The number of hydrogen-bond acceptors (Lipinski definition) is 7. The summed E-state index contributed by atoms with van der Waals surface area (Å²) in [5.41, 5.74) is 3.92. The summed E-state index contributed by atoms with van der Waals surface area (Å²) in [7, 11) is 0. The second-order valence-electron chi connectivity index (χ2n) is 10.8. The van der Waals surface area contributed by atoms with Crippen molar-refractivity contribution in [2.24, 2.45) is 22.9 Å². The Kier molecular flexibility index (Phi) is 4.12. The highest BCUT2D eigenvalue weighted by atomic mass is 16.5. The molecule has 8 nitrogen and oxygen atoms in total. The molecule has 4 fully saturated rings. The Bertz CT molecular complexity index is 1040. The quantitative estimate of drug-likeness (QED) is 0.515. The molecule has 4 aliphatic carbocycles. The smallest absolute Gasteiger partial charge is 0.243 e. The van der Waals surface area contributed by atoms with Gasteiger partial charge in [0.2, 0.25) is 12.1 Å². The van der Waals surface area contributed by atoms with Crippen LogP contribution in [-0.4, -0.2) is 49.6 Å². The molecule has 7 rings (SSSR count). The lowest BCUT2D eigenvalue weighted by atomic mass is 9.65. The van der Waals surface area contributed by atoms with Crippen molar-refractivity contribution in [1.29, 1.82) is 0 Å². The summed E-state index contributed by atoms with van der Waals surface area (Å²) in [6, 6.07) is 2.32. The lowest BCUT2D eigenvalue weighted by Gasteiger charge is -2.45. The molecular formula is C23H31N5O3. The highest BCUT2D eigenvalue weighted by Gasteiger charge is 2.50. The number of aliphatic hydroxyl groups is 2. The molecule has 0 saturated heterocycles. The van der Waals surface area contributed by atoms with E-state index >= 15 is 0 Å². The van der Waals surface area contributed by atoms with E-state index in [1.807, 2.05) is 12.3 Å². The van der Waals surface area contributed by atoms with Crippen LogP contribution in [0.5, 0.6) is 0 Å². The summed E-state index contributed by atoms with van der Waals surface area (Å²) >= 11 is 0. The van der Waals surface area contributed by atoms with Gasteiger partial charge in [-0.2, -0.15) is 0 Å². The van der Waals surface area contributed by atoms with Crippen LogP contribution in [0.2, 0.25) is 0 Å². The number of rotatable bonds is 4. The zero-order valence-corrected chi connectivity index (χ0v) is 18.1. The van der Waals surface area contributed by atoms with E-state index in [4.69, 9.17) is 4.74 Å². The summed E-state index contributed by atoms with van der Waals surface area (Å²) in [5.74, 6) is 2.11. The van der Waals surface area contributed by atoms with E-state index in [2.05, 4.69) is 25.8 Å². The van der Waals surface area contributed by atoms with Crippen LogP contribution in [0.1, 0.15) is 57.9 Å². The van der Waals surface area contributed by atoms with Gasteiger partial charge in [-0.05, 0) is 76.2 Å². The highest BCUT2D eigenvalue weighted by Crippen LogP contribution is 2.54. The number of ether oxygens (including phenoxy) is 1. The Hall–Kier alpha value is -2.32. The number of hydrogen-bond donors (Lipinski definition) is 5. The number of aromatic nitrogens is 2. The zero-order valence-electron chi connectivity index (χ0n) is 18.1. The van der Waals surface area contributed by atoms with E-state index in [9.17, 15) is 10.2 Å². The van der Waals surface area contributed by atoms with E-state index in [-0.39, 0.29) is 0 Å². The normalized spacial score (nSPS) is 36.8. The number of hydrazone groups is 1. The molecule has 2 aromatic rings. The molecule has 0 aromatic carbocycles. The standard InChI is InChI=1S/C23H31N5O3/c1-22(2,29)21-28-27-20(31-21)16-11-25-19-15(3-4-24-19)18(16)26-17-7-13-5-12-6-14(17)10-23(30,8-12)9-13/h3-4,11-14,17,21,28-30H,5-10H2,1-2H3,(H2,24,25,26)/t12?,13-,14?,17+,21?,23-/m0/s1. The average Bonchev–Trinajstić information content (AvgIpc) is 3.32. The second-order valence-corrected chi connectivity index (χ2v) is 10.8. The van der Waals surface area contributed by atoms with Crippen LogP contribution in [0.15, 0.2) is 23.6 Å². The fourth-order valence-electron chi connectivity index (χ4n) is 6.57. The maximum Gasteiger partial charge on any atom is 0.243 e. The van der Waals surface area contributed by atoms with Crippen molar-refractivity contribution in [2.75, 3.05) is 5.32 Å². The first-order valence-electron chi connectivity index (χ1n) is 11.4. The molecule has 166 valence electrons. The monoisotopic (exact) mass is 425 g/mol. The third kappa shape index (κ3) is 3.27. The Balaban J connectivity index is 1.35. The minimum atomic E-state index is -1.07. The molecule has 31 heavy (non-hydrogen) atoms. The molecule has 3 unspecified atom stereocenters. The van der Waals surface area contributed by atoms with Crippen molar-refractivity contribution in [2.45, 2.75) is 75.8 Å². The predicted octanol–water partition coefficient (Wildman–Crippen LogP) is 2.68. The SMILES string of the molecule is CC(C)(O)C1NN=C(c2cnc3[nH]ccc3c2N[C@@H]2C[C@@H]3CC4CC2C[C@](O)(C4)C3)O1. The first-order chi connectivity index (χ1) is 14.8. The van der Waals surface area contributed by atoms with Gasteiger partial charge in [0, 0.05) is 23.8 Å². The van der Waals surface area contributed by atoms with Crippen molar-refractivity contribution in [3.8, 4) is 0 Å². The van der Waals surface area contributed by atoms with Crippen LogP contribution in [0.4, 0.5) is 5.69 Å². The molecule has 5 aliphatic rings. The molecular weight excluding hydrogens is 394 g/mol. The Morgan fingerprint density at radius 3 is 2.74 bits per heavy atom. The first kappa shape index (κ1) is 19.4. The van der Waals surface area contributed by atoms with E-state index in [1.165, 1.54) is 12.8 Å². The van der Waals surface area contributed by atoms with E-state index < -0.39 is 17.4 Å². The number of fused-ring (bicyclic) bond motifs is 2. The van der Waals surface area contributed by atoms with Crippen molar-refractivity contribution in [3.05, 3.63) is 24.0 Å². The zero-order chi connectivity index (χ0) is 21.4. The van der Waals surface area contributed by atoms with Crippen LogP contribution < -0.4 is 10.7 Å². The molecule has 0 spiro atoms. The molecule has 5 N–H and O–H groups in total. The van der Waals surface area contributed by atoms with Crippen LogP contribution in [-0.2, 0) is 4.74 Å². The Morgan fingerprint density at radius 2 is 2.00 bits per heavy atom. The van der Waals surface area contributed by atoms with E-state index in [1.54, 1.807) is 20.0 Å². The highest BCUT2D eigenvalue weighted by molar-refractivity contribution is 6.07. The summed E-state index contributed by atoms with van der Waals surface area (Å²) in [4.78, 5) is 7.75. The number of H-pyrrole nitrogens is 1. The van der Waals surface area contributed by atoms with Crippen LogP contribution in [0.25, 0.3) is 11.0 Å². The molecule has 0 radical (unpaired) electrons. The van der Waals surface area contributed by atoms with Gasteiger partial charge < -0.3 is 25.3 Å². The Morgan fingerprint density at radius 1 is 1.19 bits per heavy atom. The van der Waals surface area contributed by atoms with Gasteiger partial charge in [-0.25, -0.2) is 4.98 Å². The Labute approximate surface area is 181 Å². The first-order valence-corrected chi connectivity index (χ1v) is 11.4. The summed E-state index contributed by atoms with van der Waals surface area (Å²) in [6.45, 7) is 3.38. The number of anilines is 1. The fraction of sp³-hybridized carbons (Fsp3) is 0.652. The maximum absolute atomic E-state index is 11.1. The topological polar surface area (TPSA) is 115 Å². The van der Waals surface area contributed by atoms with Gasteiger partial charge in [0.15, 0.2) is 0 Å².